The third-order valence-electron chi connectivity index (χ3n) is 1.90. The number of rotatable bonds is 2. The van der Waals surface area contributed by atoms with Gasteiger partial charge in [0.1, 0.15) is 5.75 Å². The molecule has 1 aromatic rings. The van der Waals surface area contributed by atoms with Crippen LogP contribution in [-0.4, -0.2) is 10.1 Å². The van der Waals surface area contributed by atoms with E-state index in [-0.39, 0.29) is 0 Å². The lowest BCUT2D eigenvalue weighted by Crippen LogP contribution is -2.16. The molecule has 0 unspecified atom stereocenters. The zero-order valence-corrected chi connectivity index (χ0v) is 7.72. The zero-order chi connectivity index (χ0) is 12.5. The molecule has 0 radical (unpaired) electrons. The van der Waals surface area contributed by atoms with Gasteiger partial charge in [-0.15, -0.1) is 0 Å². The van der Waals surface area contributed by atoms with Crippen LogP contribution in [0.3, 0.4) is 0 Å². The Kier molecular flexibility index (Phi) is 3.32. The highest BCUT2D eigenvalue weighted by atomic mass is 19.4. The van der Waals surface area contributed by atoms with E-state index in [9.17, 15) is 22.0 Å². The van der Waals surface area contributed by atoms with Crippen LogP contribution in [0, 0.1) is 0 Å². The number of halogens is 5. The second-order valence-corrected chi connectivity index (χ2v) is 2.89. The smallest absolute Gasteiger partial charge is 0.433 e. The van der Waals surface area contributed by atoms with Crippen LogP contribution in [0.4, 0.5) is 22.0 Å². The van der Waals surface area contributed by atoms with Crippen LogP contribution in [-0.2, 0) is 12.7 Å². The lowest BCUT2D eigenvalue weighted by atomic mass is 10.1. The Bertz CT molecular complexity index is 391. The fraction of sp³-hybridized carbons (Fsp3) is 0.375. The second-order valence-electron chi connectivity index (χ2n) is 2.89. The van der Waals surface area contributed by atoms with Crippen molar-refractivity contribution in [3.63, 3.8) is 0 Å². The molecule has 0 aromatic carbocycles. The lowest BCUT2D eigenvalue weighted by molar-refractivity contribution is -0.143. The maximum Gasteiger partial charge on any atom is 0.433 e. The number of aromatic nitrogens is 1. The molecule has 3 N–H and O–H groups in total. The number of hydrogen-bond donors (Lipinski definition) is 2. The molecule has 0 aliphatic heterocycles. The van der Waals surface area contributed by atoms with Crippen molar-refractivity contribution in [1.29, 1.82) is 0 Å². The summed E-state index contributed by atoms with van der Waals surface area (Å²) in [6, 6.07) is 0. The Morgan fingerprint density at radius 3 is 2.31 bits per heavy atom. The topological polar surface area (TPSA) is 59.1 Å². The van der Waals surface area contributed by atoms with Crippen LogP contribution < -0.4 is 5.73 Å². The van der Waals surface area contributed by atoms with Gasteiger partial charge in [-0.1, -0.05) is 0 Å². The summed E-state index contributed by atoms with van der Waals surface area (Å²) in [4.78, 5) is 2.77. The Hall–Kier alpha value is -1.44. The summed E-state index contributed by atoms with van der Waals surface area (Å²) in [5, 5.41) is 9.09. The first-order valence-corrected chi connectivity index (χ1v) is 4.05. The molecule has 16 heavy (non-hydrogen) atoms. The van der Waals surface area contributed by atoms with E-state index < -0.39 is 41.7 Å². The minimum Gasteiger partial charge on any atom is -0.506 e. The zero-order valence-electron chi connectivity index (χ0n) is 7.72. The number of nitrogens with two attached hydrogens (primary N) is 1. The Morgan fingerprint density at radius 2 is 1.94 bits per heavy atom. The van der Waals surface area contributed by atoms with E-state index in [4.69, 9.17) is 10.8 Å². The molecular weight excluding hydrogens is 235 g/mol. The molecule has 0 bridgehead atoms. The molecule has 0 atom stereocenters. The summed E-state index contributed by atoms with van der Waals surface area (Å²) in [7, 11) is 0. The predicted molar refractivity (Wildman–Crippen MR) is 43.8 cm³/mol. The van der Waals surface area contributed by atoms with E-state index in [1.807, 2.05) is 0 Å². The molecule has 0 aliphatic rings. The van der Waals surface area contributed by atoms with Gasteiger partial charge in [0.2, 0.25) is 0 Å². The van der Waals surface area contributed by atoms with Crippen molar-refractivity contribution < 1.29 is 27.1 Å². The molecule has 1 heterocycles. The molecular formula is C8H7F5N2O. The molecule has 0 saturated heterocycles. The number of hydrogen-bond acceptors (Lipinski definition) is 3. The van der Waals surface area contributed by atoms with Crippen molar-refractivity contribution in [2.24, 2.45) is 5.73 Å². The van der Waals surface area contributed by atoms with Gasteiger partial charge < -0.3 is 10.8 Å². The maximum absolute atomic E-state index is 12.5. The monoisotopic (exact) mass is 242 g/mol. The van der Waals surface area contributed by atoms with E-state index in [0.29, 0.717) is 6.20 Å². The van der Waals surface area contributed by atoms with Crippen molar-refractivity contribution in [1.82, 2.24) is 4.98 Å². The molecule has 1 aromatic heterocycles. The van der Waals surface area contributed by atoms with Crippen LogP contribution in [0.2, 0.25) is 0 Å². The molecule has 3 nitrogen and oxygen atoms in total. The standard InChI is InChI=1S/C8H7F5N2O/c9-7(10)5-3(1-14)4(16)2-15-6(5)8(11,12)13/h2,7,16H,1,14H2. The van der Waals surface area contributed by atoms with E-state index in [1.54, 1.807) is 0 Å². The van der Waals surface area contributed by atoms with Crippen molar-refractivity contribution in [3.8, 4) is 5.75 Å². The summed E-state index contributed by atoms with van der Waals surface area (Å²) < 4.78 is 62.0. The Balaban J connectivity index is 3.52. The van der Waals surface area contributed by atoms with Gasteiger partial charge in [-0.25, -0.2) is 13.8 Å². The largest absolute Gasteiger partial charge is 0.506 e. The maximum atomic E-state index is 12.5. The fourth-order valence-corrected chi connectivity index (χ4v) is 1.23. The molecule has 1 rings (SSSR count). The molecule has 0 aliphatic carbocycles. The van der Waals surface area contributed by atoms with Gasteiger partial charge in [-0.05, 0) is 0 Å². The quantitative estimate of drug-likeness (QED) is 0.781. The SMILES string of the molecule is NCc1c(O)cnc(C(F)(F)F)c1C(F)F. The number of aromatic hydroxyl groups is 1. The van der Waals surface area contributed by atoms with Gasteiger partial charge in [0, 0.05) is 12.1 Å². The van der Waals surface area contributed by atoms with Crippen molar-refractivity contribution in [3.05, 3.63) is 23.0 Å². The van der Waals surface area contributed by atoms with E-state index in [2.05, 4.69) is 4.98 Å². The predicted octanol–water partition coefficient (Wildman–Crippen LogP) is 2.20. The second kappa shape index (κ2) is 4.20. The van der Waals surface area contributed by atoms with Gasteiger partial charge in [-0.3, -0.25) is 0 Å². The van der Waals surface area contributed by atoms with E-state index >= 15 is 0 Å². The third kappa shape index (κ3) is 2.21. The number of pyridine rings is 1. The van der Waals surface area contributed by atoms with Crippen LogP contribution in [0.25, 0.3) is 0 Å². The summed E-state index contributed by atoms with van der Waals surface area (Å²) in [6.07, 6.45) is -7.96. The molecule has 0 spiro atoms. The minimum atomic E-state index is -5.01. The van der Waals surface area contributed by atoms with E-state index in [1.165, 1.54) is 0 Å². The van der Waals surface area contributed by atoms with Gasteiger partial charge in [0.25, 0.3) is 6.43 Å². The van der Waals surface area contributed by atoms with Gasteiger partial charge >= 0.3 is 6.18 Å². The summed E-state index contributed by atoms with van der Waals surface area (Å²) >= 11 is 0. The fourth-order valence-electron chi connectivity index (χ4n) is 1.23. The number of alkyl halides is 5. The molecule has 0 amide bonds. The van der Waals surface area contributed by atoms with Crippen molar-refractivity contribution in [2.45, 2.75) is 19.1 Å². The van der Waals surface area contributed by atoms with Gasteiger partial charge in [0.15, 0.2) is 5.69 Å². The third-order valence-corrected chi connectivity index (χ3v) is 1.90. The van der Waals surface area contributed by atoms with Gasteiger partial charge in [-0.2, -0.15) is 13.2 Å². The molecule has 0 fully saturated rings. The highest BCUT2D eigenvalue weighted by Crippen LogP contribution is 2.38. The van der Waals surface area contributed by atoms with Crippen LogP contribution in [0.15, 0.2) is 6.20 Å². The average Bonchev–Trinajstić information content (AvgIpc) is 2.14. The number of nitrogens with zero attached hydrogens (tertiary/aromatic N) is 1. The molecule has 90 valence electrons. The van der Waals surface area contributed by atoms with Crippen LogP contribution >= 0.6 is 0 Å². The summed E-state index contributed by atoms with van der Waals surface area (Å²) in [5.41, 5.74) is 1.28. The first-order valence-electron chi connectivity index (χ1n) is 4.05. The average molecular weight is 242 g/mol. The highest BCUT2D eigenvalue weighted by molar-refractivity contribution is 5.41. The first-order chi connectivity index (χ1) is 7.29. The summed E-state index contributed by atoms with van der Waals surface area (Å²) in [5.74, 6) is -0.772. The van der Waals surface area contributed by atoms with Crippen LogP contribution in [0.1, 0.15) is 23.2 Å². The first kappa shape index (κ1) is 12.6. The Morgan fingerprint density at radius 1 is 1.38 bits per heavy atom. The Labute approximate surface area is 86.7 Å². The van der Waals surface area contributed by atoms with Crippen molar-refractivity contribution >= 4 is 0 Å². The van der Waals surface area contributed by atoms with Crippen LogP contribution in [0.5, 0.6) is 5.75 Å². The summed E-state index contributed by atoms with van der Waals surface area (Å²) in [6.45, 7) is -0.628. The lowest BCUT2D eigenvalue weighted by Gasteiger charge is -2.15. The molecule has 8 heteroatoms. The molecule has 0 saturated carbocycles. The minimum absolute atomic E-state index is 0.455. The highest BCUT2D eigenvalue weighted by Gasteiger charge is 2.39. The van der Waals surface area contributed by atoms with E-state index in [0.717, 1.165) is 0 Å². The normalized spacial score (nSPS) is 12.2. The van der Waals surface area contributed by atoms with Gasteiger partial charge in [0.05, 0.1) is 11.8 Å². The van der Waals surface area contributed by atoms with Crippen molar-refractivity contribution in [2.75, 3.05) is 0 Å².